The fraction of sp³-hybridized carbons (Fsp3) is 0.407. The van der Waals surface area contributed by atoms with Crippen LogP contribution in [0.3, 0.4) is 0 Å². The van der Waals surface area contributed by atoms with Crippen LogP contribution in [0.25, 0.3) is 0 Å². The molecule has 5 N–H and O–H groups in total. The van der Waals surface area contributed by atoms with E-state index in [0.29, 0.717) is 10.7 Å². The van der Waals surface area contributed by atoms with E-state index in [1.807, 2.05) is 44.2 Å². The number of aliphatic imine (C=N–C) groups is 1. The third kappa shape index (κ3) is 8.96. The Balaban J connectivity index is 0.00000222. The molecule has 1 aromatic carbocycles. The highest BCUT2D eigenvalue weighted by Gasteiger charge is 2.15. The number of hydrogen-bond donors (Lipinski definition) is 3. The minimum absolute atomic E-state index is 0.00522. The van der Waals surface area contributed by atoms with Gasteiger partial charge >= 0.3 is 0 Å². The van der Waals surface area contributed by atoms with Crippen molar-refractivity contribution >= 4 is 34.2 Å². The average molecular weight is 511 g/mol. The lowest BCUT2D eigenvalue weighted by atomic mass is 9.98. The van der Waals surface area contributed by atoms with Gasteiger partial charge in [0.2, 0.25) is 5.91 Å². The van der Waals surface area contributed by atoms with E-state index in [4.69, 9.17) is 11.5 Å². The van der Waals surface area contributed by atoms with Gasteiger partial charge in [0, 0.05) is 31.5 Å². The molecule has 36 heavy (non-hydrogen) atoms. The first-order valence-corrected chi connectivity index (χ1v) is 13.1. The Hall–Kier alpha value is -3.46. The zero-order valence-electron chi connectivity index (χ0n) is 21.9. The summed E-state index contributed by atoms with van der Waals surface area (Å²) in [5, 5.41) is 3.45. The van der Waals surface area contributed by atoms with Crippen molar-refractivity contribution in [2.75, 3.05) is 19.4 Å². The molecule has 1 aliphatic rings. The molecular weight excluding hydrogens is 472 g/mol. The van der Waals surface area contributed by atoms with E-state index in [2.05, 4.69) is 27.4 Å². The van der Waals surface area contributed by atoms with Crippen LogP contribution in [0.15, 0.2) is 53.1 Å². The number of aromatic nitrogens is 1. The minimum Gasteiger partial charge on any atom is -0.370 e. The molecular formula is C27H38N6O2S. The summed E-state index contributed by atoms with van der Waals surface area (Å²) in [6.45, 7) is 5.49. The number of rotatable bonds is 9. The zero-order chi connectivity index (χ0) is 26.7. The summed E-state index contributed by atoms with van der Waals surface area (Å²) >= 11 is 1.53. The number of anilines is 1. The monoisotopic (exact) mass is 510 g/mol. The van der Waals surface area contributed by atoms with E-state index in [1.165, 1.54) is 23.8 Å². The molecule has 1 aliphatic carbocycles. The van der Waals surface area contributed by atoms with Gasteiger partial charge in [0.15, 0.2) is 11.1 Å². The average Bonchev–Trinajstić information content (AvgIpc) is 3.23. The molecule has 8 nitrogen and oxygen atoms in total. The second-order valence-corrected chi connectivity index (χ2v) is 9.55. The summed E-state index contributed by atoms with van der Waals surface area (Å²) in [5.41, 5.74) is 15.0. The second kappa shape index (κ2) is 14.2. The molecule has 3 rings (SSSR count). The normalized spacial score (nSPS) is 14.2. The van der Waals surface area contributed by atoms with Crippen LogP contribution >= 0.6 is 11.3 Å². The van der Waals surface area contributed by atoms with Crippen molar-refractivity contribution in [1.82, 2.24) is 9.88 Å². The zero-order valence-corrected chi connectivity index (χ0v) is 22.7. The third-order valence-electron chi connectivity index (χ3n) is 5.43. The van der Waals surface area contributed by atoms with Crippen LogP contribution < -0.4 is 16.8 Å². The first kappa shape index (κ1) is 28.8. The fourth-order valence-electron chi connectivity index (χ4n) is 3.70. The number of carbonyl (C=O) groups excluding carboxylic acids is 2. The maximum atomic E-state index is 12.1. The van der Waals surface area contributed by atoms with Crippen LogP contribution in [-0.2, 0) is 24.1 Å². The molecule has 2 aromatic rings. The quantitative estimate of drug-likeness (QED) is 0.346. The molecule has 1 aromatic heterocycles. The molecule has 0 radical (unpaired) electrons. The highest BCUT2D eigenvalue weighted by molar-refractivity contribution is 7.15. The topological polar surface area (TPSA) is 127 Å². The van der Waals surface area contributed by atoms with Gasteiger partial charge in [-0.1, -0.05) is 49.8 Å². The van der Waals surface area contributed by atoms with Gasteiger partial charge < -0.3 is 21.7 Å². The molecule has 0 saturated carbocycles. The van der Waals surface area contributed by atoms with Crippen molar-refractivity contribution < 1.29 is 9.59 Å². The van der Waals surface area contributed by atoms with E-state index in [0.717, 1.165) is 48.2 Å². The van der Waals surface area contributed by atoms with Crippen molar-refractivity contribution in [3.8, 4) is 0 Å². The van der Waals surface area contributed by atoms with Gasteiger partial charge in [-0.15, -0.1) is 11.3 Å². The van der Waals surface area contributed by atoms with E-state index in [1.54, 1.807) is 19.0 Å². The Labute approximate surface area is 218 Å². The Morgan fingerprint density at radius 1 is 1.11 bits per heavy atom. The van der Waals surface area contributed by atoms with Gasteiger partial charge in [0.1, 0.15) is 0 Å². The molecule has 1 atom stereocenters. The maximum absolute atomic E-state index is 12.1. The van der Waals surface area contributed by atoms with Crippen LogP contribution in [0.2, 0.25) is 0 Å². The molecule has 0 aliphatic heterocycles. The summed E-state index contributed by atoms with van der Waals surface area (Å²) in [6.07, 6.45) is 10.3. The Bertz CT molecular complexity index is 1110. The number of aryl methyl sites for hydroxylation is 3. The maximum Gasteiger partial charge on any atom is 0.253 e. The lowest BCUT2D eigenvalue weighted by Crippen LogP contribution is -2.25. The number of benzene rings is 1. The molecule has 2 amide bonds. The predicted molar refractivity (Wildman–Crippen MR) is 149 cm³/mol. The molecule has 0 bridgehead atoms. The summed E-state index contributed by atoms with van der Waals surface area (Å²) in [5.74, 6) is -0.0355. The van der Waals surface area contributed by atoms with Gasteiger partial charge in [-0.2, -0.15) is 0 Å². The number of allylic oxidation sites excluding steroid dienone is 2. The van der Waals surface area contributed by atoms with Gasteiger partial charge in [0.25, 0.3) is 5.91 Å². The van der Waals surface area contributed by atoms with E-state index >= 15 is 0 Å². The predicted octanol–water partition coefficient (Wildman–Crippen LogP) is 4.08. The Morgan fingerprint density at radius 2 is 1.81 bits per heavy atom. The Kier molecular flexibility index (Phi) is 11.3. The number of amides is 2. The van der Waals surface area contributed by atoms with E-state index in [-0.39, 0.29) is 23.8 Å². The van der Waals surface area contributed by atoms with Gasteiger partial charge in [0.05, 0.1) is 11.7 Å². The molecule has 9 heteroatoms. The number of guanidine groups is 1. The van der Waals surface area contributed by atoms with E-state index < -0.39 is 0 Å². The molecule has 0 fully saturated rings. The standard InChI is InChI=1S/C25H32N6O2S.C2H6/c1-16(32)28-25-30-21(14-8-18-6-12-20(13-7-18)29-24(26)27)22(34-25)15-9-17-4-10-19(11-5-17)23(33)31(2)3;1-2/h4-7,10-12,20H,8-9,13-15H2,1-3H3,(H4,26,27,29)(H,28,30,32);1-2H3. The largest absolute Gasteiger partial charge is 0.370 e. The van der Waals surface area contributed by atoms with E-state index in [9.17, 15) is 9.59 Å². The fourth-order valence-corrected chi connectivity index (χ4v) is 4.75. The number of hydrogen-bond acceptors (Lipinski definition) is 5. The van der Waals surface area contributed by atoms with Crippen molar-refractivity contribution in [2.45, 2.75) is 58.9 Å². The van der Waals surface area contributed by atoms with Crippen molar-refractivity contribution in [1.29, 1.82) is 0 Å². The van der Waals surface area contributed by atoms with Crippen LogP contribution in [0.1, 0.15) is 60.1 Å². The number of carbonyl (C=O) groups is 2. The van der Waals surface area contributed by atoms with Gasteiger partial charge in [-0.25, -0.2) is 9.98 Å². The number of nitrogens with one attached hydrogen (secondary N) is 1. The molecule has 1 heterocycles. The smallest absolute Gasteiger partial charge is 0.253 e. The van der Waals surface area contributed by atoms with Gasteiger partial charge in [-0.3, -0.25) is 9.59 Å². The minimum atomic E-state index is -0.128. The van der Waals surface area contributed by atoms with Crippen molar-refractivity contribution in [2.24, 2.45) is 16.5 Å². The van der Waals surface area contributed by atoms with Crippen LogP contribution in [0.5, 0.6) is 0 Å². The second-order valence-electron chi connectivity index (χ2n) is 8.46. The third-order valence-corrected chi connectivity index (χ3v) is 6.50. The van der Waals surface area contributed by atoms with Crippen LogP contribution in [0.4, 0.5) is 5.13 Å². The lowest BCUT2D eigenvalue weighted by molar-refractivity contribution is -0.114. The summed E-state index contributed by atoms with van der Waals surface area (Å²) < 4.78 is 0. The highest BCUT2D eigenvalue weighted by Crippen LogP contribution is 2.27. The first-order valence-electron chi connectivity index (χ1n) is 12.2. The highest BCUT2D eigenvalue weighted by atomic mass is 32.1. The summed E-state index contributed by atoms with van der Waals surface area (Å²) in [6, 6.07) is 7.72. The van der Waals surface area contributed by atoms with Crippen molar-refractivity contribution in [3.63, 3.8) is 0 Å². The Morgan fingerprint density at radius 3 is 2.36 bits per heavy atom. The van der Waals surface area contributed by atoms with Crippen LogP contribution in [0, 0.1) is 0 Å². The first-order chi connectivity index (χ1) is 17.2. The van der Waals surface area contributed by atoms with Gasteiger partial charge in [-0.05, 0) is 49.8 Å². The molecule has 194 valence electrons. The molecule has 0 saturated heterocycles. The lowest BCUT2D eigenvalue weighted by Gasteiger charge is -2.13. The number of nitrogens with two attached hydrogens (primary N) is 2. The molecule has 0 spiro atoms. The summed E-state index contributed by atoms with van der Waals surface area (Å²) in [4.78, 5) is 35.2. The summed E-state index contributed by atoms with van der Waals surface area (Å²) in [7, 11) is 3.49. The number of nitrogens with zero attached hydrogens (tertiary/aromatic N) is 3. The van der Waals surface area contributed by atoms with Crippen molar-refractivity contribution in [3.05, 3.63) is 69.8 Å². The van der Waals surface area contributed by atoms with Crippen LogP contribution in [-0.4, -0.2) is 47.8 Å². The molecule has 1 unspecified atom stereocenters. The number of thiazole rings is 1. The SMILES string of the molecule is CC.CC(=O)Nc1nc(CCC2=CCC(N=C(N)N)C=C2)c(CCc2ccc(C(=O)N(C)C)cc2)s1.